The topological polar surface area (TPSA) is 46.5 Å². The SMILES string of the molecule is C[N+]1(C)CCC[C@@H]1COC(=O)[C@@](O)(c1ccccc1)C1CCCC1. The minimum absolute atomic E-state index is 0.0431. The smallest absolute Gasteiger partial charge is 0.343 e. The summed E-state index contributed by atoms with van der Waals surface area (Å²) in [5, 5.41) is 11.4. The van der Waals surface area contributed by atoms with Crippen molar-refractivity contribution in [2.24, 2.45) is 5.92 Å². The molecule has 1 aliphatic heterocycles. The highest BCUT2D eigenvalue weighted by Crippen LogP contribution is 2.41. The van der Waals surface area contributed by atoms with Crippen LogP contribution in [-0.2, 0) is 15.1 Å². The Morgan fingerprint density at radius 2 is 1.83 bits per heavy atom. The zero-order valence-corrected chi connectivity index (χ0v) is 14.9. The molecule has 2 atom stereocenters. The van der Waals surface area contributed by atoms with Gasteiger partial charge in [-0.05, 0) is 18.4 Å². The van der Waals surface area contributed by atoms with E-state index < -0.39 is 11.6 Å². The number of esters is 1. The number of quaternary nitrogens is 1. The second kappa shape index (κ2) is 6.85. The fourth-order valence-electron chi connectivity index (χ4n) is 4.39. The number of likely N-dealkylation sites (tertiary alicyclic amines) is 1. The molecule has 1 aromatic rings. The van der Waals surface area contributed by atoms with E-state index in [1.165, 1.54) is 6.42 Å². The summed E-state index contributed by atoms with van der Waals surface area (Å²) >= 11 is 0. The van der Waals surface area contributed by atoms with Crippen molar-refractivity contribution in [1.29, 1.82) is 0 Å². The number of nitrogens with zero attached hydrogens (tertiary/aromatic N) is 1. The summed E-state index contributed by atoms with van der Waals surface area (Å²) in [5.41, 5.74) is -0.838. The molecule has 1 saturated carbocycles. The van der Waals surface area contributed by atoms with Gasteiger partial charge in [-0.1, -0.05) is 43.2 Å². The van der Waals surface area contributed by atoms with Gasteiger partial charge in [0.15, 0.2) is 5.60 Å². The number of carbonyl (C=O) groups excluding carboxylic acids is 1. The van der Waals surface area contributed by atoms with Crippen molar-refractivity contribution in [1.82, 2.24) is 0 Å². The van der Waals surface area contributed by atoms with Crippen LogP contribution in [0.1, 0.15) is 44.1 Å². The van der Waals surface area contributed by atoms with Crippen LogP contribution in [0.15, 0.2) is 30.3 Å². The summed E-state index contributed by atoms with van der Waals surface area (Å²) in [6.07, 6.45) is 6.14. The molecule has 0 unspecified atom stereocenters. The lowest BCUT2D eigenvalue weighted by molar-refractivity contribution is -0.902. The molecule has 4 nitrogen and oxygen atoms in total. The van der Waals surface area contributed by atoms with Gasteiger partial charge in [0, 0.05) is 18.8 Å². The van der Waals surface area contributed by atoms with Crippen molar-refractivity contribution in [3.8, 4) is 0 Å². The number of likely N-dealkylation sites (N-methyl/N-ethyl adjacent to an activating group) is 1. The van der Waals surface area contributed by atoms with Gasteiger partial charge in [-0.15, -0.1) is 0 Å². The average Bonchev–Trinajstić information content (AvgIpc) is 3.22. The van der Waals surface area contributed by atoms with Crippen molar-refractivity contribution in [3.63, 3.8) is 0 Å². The predicted octanol–water partition coefficient (Wildman–Crippen LogP) is 2.85. The van der Waals surface area contributed by atoms with Crippen LogP contribution in [0.4, 0.5) is 0 Å². The number of rotatable bonds is 5. The summed E-state index contributed by atoms with van der Waals surface area (Å²) < 4.78 is 6.58. The second-order valence-corrected chi connectivity index (χ2v) is 8.01. The lowest BCUT2D eigenvalue weighted by Crippen LogP contribution is -2.49. The van der Waals surface area contributed by atoms with Gasteiger partial charge in [-0.3, -0.25) is 0 Å². The third kappa shape index (κ3) is 3.22. The summed E-state index contributed by atoms with van der Waals surface area (Å²) in [6.45, 7) is 1.52. The maximum absolute atomic E-state index is 12.9. The normalized spacial score (nSPS) is 26.2. The molecule has 1 aromatic carbocycles. The number of aliphatic hydroxyl groups is 1. The summed E-state index contributed by atoms with van der Waals surface area (Å²) in [5.74, 6) is -0.508. The Kier molecular flexibility index (Phi) is 4.97. The third-order valence-electron chi connectivity index (χ3n) is 6.14. The predicted molar refractivity (Wildman–Crippen MR) is 93.3 cm³/mol. The average molecular weight is 332 g/mol. The molecule has 2 fully saturated rings. The van der Waals surface area contributed by atoms with Crippen molar-refractivity contribution >= 4 is 5.97 Å². The number of benzene rings is 1. The molecule has 2 aliphatic rings. The lowest BCUT2D eigenvalue weighted by atomic mass is 9.80. The Labute approximate surface area is 145 Å². The van der Waals surface area contributed by atoms with Gasteiger partial charge in [0.2, 0.25) is 0 Å². The molecule has 0 bridgehead atoms. The van der Waals surface area contributed by atoms with E-state index >= 15 is 0 Å². The molecule has 3 rings (SSSR count). The van der Waals surface area contributed by atoms with Crippen LogP contribution in [0.5, 0.6) is 0 Å². The van der Waals surface area contributed by atoms with Gasteiger partial charge in [-0.2, -0.15) is 0 Å². The molecule has 1 N–H and O–H groups in total. The van der Waals surface area contributed by atoms with Crippen LogP contribution in [0.3, 0.4) is 0 Å². The maximum atomic E-state index is 12.9. The Hall–Kier alpha value is -1.39. The molecule has 0 radical (unpaired) electrons. The quantitative estimate of drug-likeness (QED) is 0.666. The van der Waals surface area contributed by atoms with Crippen LogP contribution < -0.4 is 0 Å². The molecule has 4 heteroatoms. The fourth-order valence-corrected chi connectivity index (χ4v) is 4.39. The van der Waals surface area contributed by atoms with Gasteiger partial charge in [0.05, 0.1) is 20.6 Å². The summed E-state index contributed by atoms with van der Waals surface area (Å²) in [4.78, 5) is 12.9. The Balaban J connectivity index is 1.77. The van der Waals surface area contributed by atoms with Crippen LogP contribution in [-0.4, -0.2) is 48.8 Å². The first-order chi connectivity index (χ1) is 11.4. The van der Waals surface area contributed by atoms with E-state index in [9.17, 15) is 9.90 Å². The highest BCUT2D eigenvalue weighted by Gasteiger charge is 2.48. The van der Waals surface area contributed by atoms with Gasteiger partial charge in [0.25, 0.3) is 0 Å². The Bertz CT molecular complexity index is 566. The van der Waals surface area contributed by atoms with Gasteiger partial charge < -0.3 is 14.3 Å². The van der Waals surface area contributed by atoms with E-state index in [1.54, 1.807) is 0 Å². The third-order valence-corrected chi connectivity index (χ3v) is 6.14. The highest BCUT2D eigenvalue weighted by atomic mass is 16.6. The molecular weight excluding hydrogens is 302 g/mol. The van der Waals surface area contributed by atoms with Gasteiger partial charge >= 0.3 is 5.97 Å². The molecule has 1 heterocycles. The lowest BCUT2D eigenvalue weighted by Gasteiger charge is -2.34. The minimum atomic E-state index is -1.51. The molecule has 0 aromatic heterocycles. The zero-order chi connectivity index (χ0) is 17.2. The van der Waals surface area contributed by atoms with Crippen molar-refractivity contribution in [3.05, 3.63) is 35.9 Å². The minimum Gasteiger partial charge on any atom is -0.457 e. The van der Waals surface area contributed by atoms with E-state index in [2.05, 4.69) is 14.1 Å². The largest absolute Gasteiger partial charge is 0.457 e. The van der Waals surface area contributed by atoms with E-state index in [1.807, 2.05) is 30.3 Å². The van der Waals surface area contributed by atoms with E-state index in [4.69, 9.17) is 4.74 Å². The van der Waals surface area contributed by atoms with Crippen LogP contribution in [0.25, 0.3) is 0 Å². The molecule has 0 amide bonds. The van der Waals surface area contributed by atoms with Crippen LogP contribution in [0.2, 0.25) is 0 Å². The summed E-state index contributed by atoms with van der Waals surface area (Å²) in [7, 11) is 4.37. The second-order valence-electron chi connectivity index (χ2n) is 8.01. The van der Waals surface area contributed by atoms with E-state index in [-0.39, 0.29) is 5.92 Å². The van der Waals surface area contributed by atoms with Gasteiger partial charge in [-0.25, -0.2) is 4.79 Å². The van der Waals surface area contributed by atoms with Crippen LogP contribution >= 0.6 is 0 Å². The van der Waals surface area contributed by atoms with Crippen LogP contribution in [0, 0.1) is 5.92 Å². The van der Waals surface area contributed by atoms with Crippen molar-refractivity contribution in [2.75, 3.05) is 27.2 Å². The maximum Gasteiger partial charge on any atom is 0.343 e. The van der Waals surface area contributed by atoms with Gasteiger partial charge in [0.1, 0.15) is 12.6 Å². The number of hydrogen-bond acceptors (Lipinski definition) is 3. The Morgan fingerprint density at radius 1 is 1.17 bits per heavy atom. The first-order valence-corrected chi connectivity index (χ1v) is 9.22. The van der Waals surface area contributed by atoms with Crippen molar-refractivity contribution < 1.29 is 19.1 Å². The molecule has 0 spiro atoms. The zero-order valence-electron chi connectivity index (χ0n) is 14.9. The monoisotopic (exact) mass is 332 g/mol. The molecule has 1 aliphatic carbocycles. The number of carbonyl (C=O) groups is 1. The first-order valence-electron chi connectivity index (χ1n) is 9.22. The molecular formula is C20H30NO3+. The standard InChI is InChI=1S/C20H30NO3/c1-21(2)14-8-13-18(21)15-24-19(22)20(23,17-11-6-7-12-17)16-9-4-3-5-10-16/h3-5,9-10,17-18,23H,6-8,11-15H2,1-2H3/q+1/t18-,20-/m1/s1. The van der Waals surface area contributed by atoms with E-state index in [0.29, 0.717) is 18.2 Å². The number of ether oxygens (including phenoxy) is 1. The first kappa shape index (κ1) is 17.4. The summed E-state index contributed by atoms with van der Waals surface area (Å²) in [6, 6.07) is 9.67. The fraction of sp³-hybridized carbons (Fsp3) is 0.650. The molecule has 1 saturated heterocycles. The molecule has 132 valence electrons. The molecule has 24 heavy (non-hydrogen) atoms. The van der Waals surface area contributed by atoms with Crippen molar-refractivity contribution in [2.45, 2.75) is 50.2 Å². The van der Waals surface area contributed by atoms with E-state index in [0.717, 1.165) is 43.1 Å². The Morgan fingerprint density at radius 3 is 2.42 bits per heavy atom. The number of hydrogen-bond donors (Lipinski definition) is 1. The highest BCUT2D eigenvalue weighted by molar-refractivity contribution is 5.81.